The molecule has 1 aromatic carbocycles. The molecule has 0 aliphatic heterocycles. The summed E-state index contributed by atoms with van der Waals surface area (Å²) in [6.07, 6.45) is 0.115. The molecule has 3 amide bonds. The van der Waals surface area contributed by atoms with E-state index in [1.165, 1.54) is 7.11 Å². The molecule has 0 radical (unpaired) electrons. The van der Waals surface area contributed by atoms with E-state index in [4.69, 9.17) is 5.73 Å². The van der Waals surface area contributed by atoms with Gasteiger partial charge >= 0.3 is 12.0 Å². The minimum atomic E-state index is -0.671. The van der Waals surface area contributed by atoms with Gasteiger partial charge in [-0.15, -0.1) is 0 Å². The van der Waals surface area contributed by atoms with Crippen molar-refractivity contribution in [2.45, 2.75) is 6.42 Å². The van der Waals surface area contributed by atoms with Gasteiger partial charge in [-0.2, -0.15) is 0 Å². The third kappa shape index (κ3) is 5.07. The lowest BCUT2D eigenvalue weighted by molar-refractivity contribution is -0.140. The number of nitrogens with two attached hydrogens (primary N) is 1. The zero-order valence-electron chi connectivity index (χ0n) is 10.4. The molecule has 0 aliphatic carbocycles. The standard InChI is InChI=1S/C12H15N3O4/c1-19-10(16)6-7-14-11(17)8-2-4-9(5-3-8)15-12(13)18/h2-5H,6-7H2,1H3,(H,14,17)(H3,13,15,18). The number of methoxy groups -OCH3 is 1. The molecule has 0 heterocycles. The van der Waals surface area contributed by atoms with Crippen molar-refractivity contribution in [2.24, 2.45) is 5.73 Å². The summed E-state index contributed by atoms with van der Waals surface area (Å²) in [6.45, 7) is 0.201. The lowest BCUT2D eigenvalue weighted by Crippen LogP contribution is -2.26. The minimum Gasteiger partial charge on any atom is -0.469 e. The highest BCUT2D eigenvalue weighted by atomic mass is 16.5. The van der Waals surface area contributed by atoms with Crippen LogP contribution in [-0.2, 0) is 9.53 Å². The number of esters is 1. The summed E-state index contributed by atoms with van der Waals surface area (Å²) in [5, 5.41) is 4.96. The average molecular weight is 265 g/mol. The number of nitrogens with one attached hydrogen (secondary N) is 2. The van der Waals surface area contributed by atoms with Gasteiger partial charge in [0.15, 0.2) is 0 Å². The Hall–Kier alpha value is -2.57. The number of carbonyl (C=O) groups is 3. The number of hydrogen-bond donors (Lipinski definition) is 3. The van der Waals surface area contributed by atoms with Crippen LogP contribution in [-0.4, -0.2) is 31.6 Å². The van der Waals surface area contributed by atoms with Crippen LogP contribution in [0.3, 0.4) is 0 Å². The molecule has 0 saturated carbocycles. The summed E-state index contributed by atoms with van der Waals surface area (Å²) >= 11 is 0. The Morgan fingerprint density at radius 3 is 2.37 bits per heavy atom. The molecule has 7 heteroatoms. The molecule has 4 N–H and O–H groups in total. The predicted molar refractivity (Wildman–Crippen MR) is 68.6 cm³/mol. The van der Waals surface area contributed by atoms with E-state index in [0.717, 1.165) is 0 Å². The van der Waals surface area contributed by atoms with Gasteiger partial charge in [-0.3, -0.25) is 9.59 Å². The van der Waals surface area contributed by atoms with Crippen LogP contribution >= 0.6 is 0 Å². The molecule has 102 valence electrons. The number of urea groups is 1. The van der Waals surface area contributed by atoms with E-state index < -0.39 is 6.03 Å². The van der Waals surface area contributed by atoms with Gasteiger partial charge in [0.2, 0.25) is 0 Å². The fourth-order valence-electron chi connectivity index (χ4n) is 1.33. The Balaban J connectivity index is 2.48. The maximum Gasteiger partial charge on any atom is 0.316 e. The Kier molecular flexibility index (Phi) is 5.34. The Labute approximate surface area is 110 Å². The van der Waals surface area contributed by atoms with E-state index in [2.05, 4.69) is 15.4 Å². The number of primary amides is 1. The predicted octanol–water partition coefficient (Wildman–Crippen LogP) is 0.470. The highest BCUT2D eigenvalue weighted by Crippen LogP contribution is 2.09. The van der Waals surface area contributed by atoms with Crippen molar-refractivity contribution in [1.82, 2.24) is 5.32 Å². The molecular weight excluding hydrogens is 250 g/mol. The van der Waals surface area contributed by atoms with Gasteiger partial charge in [0.1, 0.15) is 0 Å². The largest absolute Gasteiger partial charge is 0.469 e. The molecule has 1 aromatic rings. The molecule has 0 spiro atoms. The molecule has 1 rings (SSSR count). The second-order valence-corrected chi connectivity index (χ2v) is 3.65. The maximum absolute atomic E-state index is 11.7. The van der Waals surface area contributed by atoms with Gasteiger partial charge in [-0.05, 0) is 24.3 Å². The summed E-state index contributed by atoms with van der Waals surface area (Å²) in [7, 11) is 1.29. The highest BCUT2D eigenvalue weighted by molar-refractivity contribution is 5.95. The Morgan fingerprint density at radius 2 is 1.84 bits per heavy atom. The molecule has 0 saturated heterocycles. The van der Waals surface area contributed by atoms with Crippen molar-refractivity contribution >= 4 is 23.6 Å². The number of hydrogen-bond acceptors (Lipinski definition) is 4. The van der Waals surface area contributed by atoms with Crippen LogP contribution in [0.15, 0.2) is 24.3 Å². The van der Waals surface area contributed by atoms with Crippen LogP contribution in [0.2, 0.25) is 0 Å². The third-order valence-corrected chi connectivity index (χ3v) is 2.26. The summed E-state index contributed by atoms with van der Waals surface area (Å²) in [6, 6.07) is 5.52. The van der Waals surface area contributed by atoms with Crippen molar-refractivity contribution < 1.29 is 19.1 Å². The zero-order chi connectivity index (χ0) is 14.3. The molecule has 7 nitrogen and oxygen atoms in total. The molecule has 0 atom stereocenters. The van der Waals surface area contributed by atoms with Crippen molar-refractivity contribution in [3.8, 4) is 0 Å². The smallest absolute Gasteiger partial charge is 0.316 e. The normalized spacial score (nSPS) is 9.53. The highest BCUT2D eigenvalue weighted by Gasteiger charge is 2.06. The molecule has 0 unspecified atom stereocenters. The number of rotatable bonds is 5. The topological polar surface area (TPSA) is 111 Å². The molecule has 0 aliphatic rings. The van der Waals surface area contributed by atoms with E-state index in [1.54, 1.807) is 24.3 Å². The fourth-order valence-corrected chi connectivity index (χ4v) is 1.33. The van der Waals surface area contributed by atoms with Crippen molar-refractivity contribution in [3.63, 3.8) is 0 Å². The second-order valence-electron chi connectivity index (χ2n) is 3.65. The van der Waals surface area contributed by atoms with Crippen LogP contribution < -0.4 is 16.4 Å². The lowest BCUT2D eigenvalue weighted by atomic mass is 10.2. The summed E-state index contributed by atoms with van der Waals surface area (Å²) in [5.74, 6) is -0.698. The first kappa shape index (κ1) is 14.5. The van der Waals surface area contributed by atoms with Gasteiger partial charge < -0.3 is 21.1 Å². The minimum absolute atomic E-state index is 0.115. The van der Waals surface area contributed by atoms with Gasteiger partial charge in [0.25, 0.3) is 5.91 Å². The summed E-state index contributed by atoms with van der Waals surface area (Å²) in [4.78, 5) is 33.1. The molecule has 0 aromatic heterocycles. The SMILES string of the molecule is COC(=O)CCNC(=O)c1ccc(NC(N)=O)cc1. The molecule has 0 fully saturated rings. The van der Waals surface area contributed by atoms with E-state index in [9.17, 15) is 14.4 Å². The van der Waals surface area contributed by atoms with Gasteiger partial charge in [0, 0.05) is 17.8 Å². The van der Waals surface area contributed by atoms with Gasteiger partial charge in [-0.25, -0.2) is 4.79 Å². The number of carbonyl (C=O) groups excluding carboxylic acids is 3. The lowest BCUT2D eigenvalue weighted by Gasteiger charge is -2.06. The number of anilines is 1. The van der Waals surface area contributed by atoms with E-state index in [1.807, 2.05) is 0 Å². The van der Waals surface area contributed by atoms with Crippen LogP contribution in [0.5, 0.6) is 0 Å². The maximum atomic E-state index is 11.7. The Morgan fingerprint density at radius 1 is 1.21 bits per heavy atom. The third-order valence-electron chi connectivity index (χ3n) is 2.26. The number of amides is 3. The summed E-state index contributed by atoms with van der Waals surface area (Å²) < 4.78 is 4.45. The van der Waals surface area contributed by atoms with Crippen LogP contribution in [0.4, 0.5) is 10.5 Å². The van der Waals surface area contributed by atoms with Crippen LogP contribution in [0, 0.1) is 0 Å². The monoisotopic (exact) mass is 265 g/mol. The first-order chi connectivity index (χ1) is 9.02. The molecule has 19 heavy (non-hydrogen) atoms. The number of ether oxygens (including phenoxy) is 1. The zero-order valence-corrected chi connectivity index (χ0v) is 10.4. The van der Waals surface area contributed by atoms with Gasteiger partial charge in [-0.1, -0.05) is 0 Å². The Bertz CT molecular complexity index is 470. The quantitative estimate of drug-likeness (QED) is 0.672. The van der Waals surface area contributed by atoms with Crippen LogP contribution in [0.25, 0.3) is 0 Å². The molecular formula is C12H15N3O4. The fraction of sp³-hybridized carbons (Fsp3) is 0.250. The van der Waals surface area contributed by atoms with Crippen molar-refractivity contribution in [1.29, 1.82) is 0 Å². The number of benzene rings is 1. The molecule has 0 bridgehead atoms. The average Bonchev–Trinajstić information content (AvgIpc) is 2.38. The van der Waals surface area contributed by atoms with E-state index in [-0.39, 0.29) is 24.8 Å². The first-order valence-corrected chi connectivity index (χ1v) is 5.54. The summed E-state index contributed by atoms with van der Waals surface area (Å²) in [5.41, 5.74) is 5.87. The first-order valence-electron chi connectivity index (χ1n) is 5.54. The second kappa shape index (κ2) is 7.00. The van der Waals surface area contributed by atoms with Crippen molar-refractivity contribution in [3.05, 3.63) is 29.8 Å². The van der Waals surface area contributed by atoms with E-state index >= 15 is 0 Å². The van der Waals surface area contributed by atoms with Crippen molar-refractivity contribution in [2.75, 3.05) is 19.0 Å². The van der Waals surface area contributed by atoms with Crippen LogP contribution in [0.1, 0.15) is 16.8 Å². The van der Waals surface area contributed by atoms with Gasteiger partial charge in [0.05, 0.1) is 13.5 Å². The van der Waals surface area contributed by atoms with E-state index in [0.29, 0.717) is 11.3 Å².